The van der Waals surface area contributed by atoms with Crippen LogP contribution in [0.2, 0.25) is 0 Å². The molecule has 0 aliphatic rings. The van der Waals surface area contributed by atoms with Gasteiger partial charge in [-0.2, -0.15) is 0 Å². The van der Waals surface area contributed by atoms with Crippen molar-refractivity contribution in [2.45, 2.75) is 6.54 Å². The first-order valence-electron chi connectivity index (χ1n) is 4.03. The Morgan fingerprint density at radius 2 is 2.38 bits per heavy atom. The van der Waals surface area contributed by atoms with Gasteiger partial charge < -0.3 is 5.32 Å². The van der Waals surface area contributed by atoms with Gasteiger partial charge in [-0.3, -0.25) is 0 Å². The lowest BCUT2D eigenvalue weighted by Crippen LogP contribution is -2.04. The van der Waals surface area contributed by atoms with Crippen LogP contribution in [0.15, 0.2) is 22.9 Å². The highest BCUT2D eigenvalue weighted by molar-refractivity contribution is 7.20. The van der Waals surface area contributed by atoms with Gasteiger partial charge in [0.15, 0.2) is 0 Å². The third-order valence-corrected chi connectivity index (χ3v) is 3.57. The van der Waals surface area contributed by atoms with Crippen molar-refractivity contribution < 1.29 is 0 Å². The molecule has 2 aromatic heterocycles. The molecular weight excluding hydrogens is 200 g/mol. The van der Waals surface area contributed by atoms with E-state index >= 15 is 0 Å². The van der Waals surface area contributed by atoms with Crippen LogP contribution < -0.4 is 5.32 Å². The number of aromatic nitrogens is 1. The van der Waals surface area contributed by atoms with E-state index in [1.54, 1.807) is 22.7 Å². The Bertz CT molecular complexity index is 365. The number of nitrogens with zero attached hydrogens (tertiary/aromatic N) is 1. The Hall–Kier alpha value is -0.710. The van der Waals surface area contributed by atoms with E-state index in [0.717, 1.165) is 17.2 Å². The fourth-order valence-electron chi connectivity index (χ4n) is 1.08. The van der Waals surface area contributed by atoms with Crippen molar-refractivity contribution in [1.82, 2.24) is 10.3 Å². The van der Waals surface area contributed by atoms with Crippen LogP contribution in [0.3, 0.4) is 0 Å². The second-order valence-corrected chi connectivity index (χ2v) is 4.46. The molecule has 0 saturated carbocycles. The Morgan fingerprint density at radius 1 is 1.46 bits per heavy atom. The third-order valence-electron chi connectivity index (χ3n) is 1.64. The molecule has 13 heavy (non-hydrogen) atoms. The monoisotopic (exact) mass is 210 g/mol. The fourth-order valence-corrected chi connectivity index (χ4v) is 2.72. The molecule has 0 atom stereocenters. The molecule has 0 bridgehead atoms. The zero-order valence-electron chi connectivity index (χ0n) is 7.28. The van der Waals surface area contributed by atoms with Crippen molar-refractivity contribution in [3.05, 3.63) is 28.6 Å². The smallest absolute Gasteiger partial charge is 0.133 e. The van der Waals surface area contributed by atoms with Gasteiger partial charge in [-0.25, -0.2) is 4.98 Å². The summed E-state index contributed by atoms with van der Waals surface area (Å²) in [6, 6.07) is 4.16. The highest BCUT2D eigenvalue weighted by Gasteiger charge is 2.03. The topological polar surface area (TPSA) is 24.9 Å². The largest absolute Gasteiger partial charge is 0.314 e. The molecule has 0 aliphatic carbocycles. The Morgan fingerprint density at radius 3 is 3.08 bits per heavy atom. The summed E-state index contributed by atoms with van der Waals surface area (Å²) in [6.07, 6.45) is 0. The number of nitrogens with one attached hydrogen (secondary N) is 1. The highest BCUT2D eigenvalue weighted by Crippen LogP contribution is 2.27. The van der Waals surface area contributed by atoms with Gasteiger partial charge >= 0.3 is 0 Å². The van der Waals surface area contributed by atoms with Crippen LogP contribution in [0.4, 0.5) is 0 Å². The van der Waals surface area contributed by atoms with E-state index < -0.39 is 0 Å². The first-order chi connectivity index (χ1) is 6.40. The molecule has 2 rings (SSSR count). The van der Waals surface area contributed by atoms with E-state index in [2.05, 4.69) is 33.2 Å². The molecule has 0 saturated heterocycles. The highest BCUT2D eigenvalue weighted by atomic mass is 32.1. The van der Waals surface area contributed by atoms with Crippen molar-refractivity contribution in [1.29, 1.82) is 0 Å². The number of hydrogen-bond donors (Lipinski definition) is 1. The molecule has 0 aliphatic heterocycles. The van der Waals surface area contributed by atoms with Crippen LogP contribution in [-0.2, 0) is 6.54 Å². The Kier molecular flexibility index (Phi) is 2.73. The lowest BCUT2D eigenvalue weighted by atomic mass is 10.4. The molecule has 0 spiro atoms. The molecule has 2 aromatic rings. The molecule has 4 heteroatoms. The van der Waals surface area contributed by atoms with Gasteiger partial charge in [0.1, 0.15) is 5.01 Å². The summed E-state index contributed by atoms with van der Waals surface area (Å²) in [6.45, 7) is 0.849. The van der Waals surface area contributed by atoms with E-state index in [0.29, 0.717) is 0 Å². The Balaban J connectivity index is 2.23. The zero-order chi connectivity index (χ0) is 9.10. The first kappa shape index (κ1) is 8.87. The predicted octanol–water partition coefficient (Wildman–Crippen LogP) is 2.59. The van der Waals surface area contributed by atoms with Crippen molar-refractivity contribution in [2.24, 2.45) is 0 Å². The number of rotatable bonds is 3. The van der Waals surface area contributed by atoms with Crippen LogP contribution >= 0.6 is 22.7 Å². The molecule has 0 aromatic carbocycles. The number of thiophene rings is 1. The second-order valence-electron chi connectivity index (χ2n) is 2.65. The van der Waals surface area contributed by atoms with E-state index in [4.69, 9.17) is 0 Å². The molecule has 0 amide bonds. The second kappa shape index (κ2) is 4.00. The molecule has 0 fully saturated rings. The van der Waals surface area contributed by atoms with Gasteiger partial charge in [-0.1, -0.05) is 6.07 Å². The summed E-state index contributed by atoms with van der Waals surface area (Å²) in [5, 5.41) is 8.40. The molecule has 1 N–H and O–H groups in total. The van der Waals surface area contributed by atoms with E-state index in [9.17, 15) is 0 Å². The fraction of sp³-hybridized carbons (Fsp3) is 0.222. The van der Waals surface area contributed by atoms with Gasteiger partial charge in [-0.15, -0.1) is 22.7 Å². The van der Waals surface area contributed by atoms with Crippen LogP contribution in [0.5, 0.6) is 0 Å². The van der Waals surface area contributed by atoms with E-state index in [1.165, 1.54) is 4.88 Å². The van der Waals surface area contributed by atoms with Gasteiger partial charge in [0, 0.05) is 11.9 Å². The molecule has 0 radical (unpaired) electrons. The standard InChI is InChI=1S/C9H10N2S2/c1-10-5-7-6-13-9(11-7)8-3-2-4-12-8/h2-4,6,10H,5H2,1H3. The van der Waals surface area contributed by atoms with Gasteiger partial charge in [0.05, 0.1) is 10.6 Å². The van der Waals surface area contributed by atoms with Gasteiger partial charge in [-0.05, 0) is 18.5 Å². The minimum Gasteiger partial charge on any atom is -0.314 e. The molecular formula is C9H10N2S2. The third kappa shape index (κ3) is 1.96. The minimum absolute atomic E-state index is 0.849. The van der Waals surface area contributed by atoms with Crippen molar-refractivity contribution in [3.63, 3.8) is 0 Å². The summed E-state index contributed by atoms with van der Waals surface area (Å²) in [5.41, 5.74) is 1.12. The summed E-state index contributed by atoms with van der Waals surface area (Å²) in [4.78, 5) is 5.77. The molecule has 2 heterocycles. The molecule has 2 nitrogen and oxygen atoms in total. The summed E-state index contributed by atoms with van der Waals surface area (Å²) in [5.74, 6) is 0. The van der Waals surface area contributed by atoms with Crippen LogP contribution in [-0.4, -0.2) is 12.0 Å². The molecule has 68 valence electrons. The maximum absolute atomic E-state index is 4.51. The van der Waals surface area contributed by atoms with Crippen LogP contribution in [0.1, 0.15) is 5.69 Å². The average Bonchev–Trinajstić information content (AvgIpc) is 2.70. The van der Waals surface area contributed by atoms with Crippen molar-refractivity contribution in [3.8, 4) is 9.88 Å². The van der Waals surface area contributed by atoms with E-state index in [-0.39, 0.29) is 0 Å². The first-order valence-corrected chi connectivity index (χ1v) is 5.79. The quantitative estimate of drug-likeness (QED) is 0.842. The summed E-state index contributed by atoms with van der Waals surface area (Å²) in [7, 11) is 1.93. The average molecular weight is 210 g/mol. The summed E-state index contributed by atoms with van der Waals surface area (Å²) < 4.78 is 0. The molecule has 0 unspecified atom stereocenters. The minimum atomic E-state index is 0.849. The van der Waals surface area contributed by atoms with Crippen LogP contribution in [0.25, 0.3) is 9.88 Å². The Labute approximate surface area is 85.3 Å². The van der Waals surface area contributed by atoms with Crippen molar-refractivity contribution >= 4 is 22.7 Å². The summed E-state index contributed by atoms with van der Waals surface area (Å²) >= 11 is 3.44. The zero-order valence-corrected chi connectivity index (χ0v) is 8.91. The van der Waals surface area contributed by atoms with Crippen LogP contribution in [0, 0.1) is 0 Å². The van der Waals surface area contributed by atoms with Gasteiger partial charge in [0.25, 0.3) is 0 Å². The van der Waals surface area contributed by atoms with Gasteiger partial charge in [0.2, 0.25) is 0 Å². The number of thiazole rings is 1. The maximum Gasteiger partial charge on any atom is 0.133 e. The van der Waals surface area contributed by atoms with Crippen molar-refractivity contribution in [2.75, 3.05) is 7.05 Å². The maximum atomic E-state index is 4.51. The van der Waals surface area contributed by atoms with E-state index in [1.807, 2.05) is 7.05 Å². The normalized spacial score (nSPS) is 10.5. The lowest BCUT2D eigenvalue weighted by molar-refractivity contribution is 0.798. The SMILES string of the molecule is CNCc1csc(-c2cccs2)n1. The predicted molar refractivity (Wildman–Crippen MR) is 58.2 cm³/mol. The lowest BCUT2D eigenvalue weighted by Gasteiger charge is -1.91. The number of hydrogen-bond acceptors (Lipinski definition) is 4.